The summed E-state index contributed by atoms with van der Waals surface area (Å²) in [6.45, 7) is 4.33. The van der Waals surface area contributed by atoms with Crippen LogP contribution in [0.4, 0.5) is 0 Å². The molecule has 0 aliphatic rings. The molecule has 0 spiro atoms. The Morgan fingerprint density at radius 3 is 2.56 bits per heavy atom. The number of nitrogens with zero attached hydrogens (tertiary/aromatic N) is 1. The first kappa shape index (κ1) is 20.1. The number of hydrogen-bond acceptors (Lipinski definition) is 4. The van der Waals surface area contributed by atoms with Crippen LogP contribution in [0.2, 0.25) is 0 Å². The van der Waals surface area contributed by atoms with Gasteiger partial charge in [-0.1, -0.05) is 36.4 Å². The maximum absolute atomic E-state index is 12.3. The zero-order valence-corrected chi connectivity index (χ0v) is 15.9. The molecule has 0 aliphatic carbocycles. The minimum Gasteiger partial charge on any atom is -0.493 e. The van der Waals surface area contributed by atoms with Crippen LogP contribution in [0.3, 0.4) is 0 Å². The first-order chi connectivity index (χ1) is 13.0. The van der Waals surface area contributed by atoms with E-state index in [0.29, 0.717) is 30.0 Å². The van der Waals surface area contributed by atoms with E-state index in [4.69, 9.17) is 9.47 Å². The van der Waals surface area contributed by atoms with Gasteiger partial charge in [-0.05, 0) is 49.6 Å². The van der Waals surface area contributed by atoms with Crippen molar-refractivity contribution in [2.75, 3.05) is 13.7 Å². The zero-order valence-electron chi connectivity index (χ0n) is 15.9. The molecule has 1 N–H and O–H groups in total. The van der Waals surface area contributed by atoms with Gasteiger partial charge in [0.1, 0.15) is 11.6 Å². The molecule has 0 radical (unpaired) electrons. The van der Waals surface area contributed by atoms with Crippen molar-refractivity contribution in [1.82, 2.24) is 5.32 Å². The predicted octanol–water partition coefficient (Wildman–Crippen LogP) is 3.75. The molecule has 0 saturated heterocycles. The average Bonchev–Trinajstić information content (AvgIpc) is 2.67. The Bertz CT molecular complexity index is 836. The zero-order chi connectivity index (χ0) is 19.6. The fraction of sp³-hybridized carbons (Fsp3) is 0.273. The van der Waals surface area contributed by atoms with Crippen molar-refractivity contribution in [3.63, 3.8) is 0 Å². The summed E-state index contributed by atoms with van der Waals surface area (Å²) in [6.07, 6.45) is 2.27. The Morgan fingerprint density at radius 1 is 1.19 bits per heavy atom. The van der Waals surface area contributed by atoms with Gasteiger partial charge in [-0.3, -0.25) is 4.79 Å². The Morgan fingerprint density at radius 2 is 1.93 bits per heavy atom. The molecule has 0 aromatic heterocycles. The molecule has 2 rings (SSSR count). The predicted molar refractivity (Wildman–Crippen MR) is 106 cm³/mol. The van der Waals surface area contributed by atoms with Crippen molar-refractivity contribution in [2.24, 2.45) is 0 Å². The highest BCUT2D eigenvalue weighted by Crippen LogP contribution is 2.29. The molecule has 2 aromatic rings. The van der Waals surface area contributed by atoms with Crippen LogP contribution in [0.1, 0.15) is 25.0 Å². The average molecular weight is 364 g/mol. The van der Waals surface area contributed by atoms with Gasteiger partial charge in [0.2, 0.25) is 0 Å². The topological polar surface area (TPSA) is 71.3 Å². The van der Waals surface area contributed by atoms with Gasteiger partial charge >= 0.3 is 0 Å². The smallest absolute Gasteiger partial charge is 0.261 e. The summed E-state index contributed by atoms with van der Waals surface area (Å²) >= 11 is 0. The molecule has 0 aliphatic heterocycles. The lowest BCUT2D eigenvalue weighted by atomic mass is 10.1. The van der Waals surface area contributed by atoms with Crippen molar-refractivity contribution in [3.05, 3.63) is 65.2 Å². The fourth-order valence-corrected chi connectivity index (χ4v) is 2.50. The summed E-state index contributed by atoms with van der Waals surface area (Å²) in [7, 11) is 1.55. The number of amides is 1. The Hall–Kier alpha value is -3.26. The molecule has 1 amide bonds. The van der Waals surface area contributed by atoms with E-state index >= 15 is 0 Å². The summed E-state index contributed by atoms with van der Waals surface area (Å²) in [5.41, 5.74) is 1.87. The van der Waals surface area contributed by atoms with Crippen molar-refractivity contribution >= 4 is 12.0 Å². The monoisotopic (exact) mass is 364 g/mol. The summed E-state index contributed by atoms with van der Waals surface area (Å²) < 4.78 is 11.0. The van der Waals surface area contributed by atoms with E-state index in [-0.39, 0.29) is 11.7 Å². The van der Waals surface area contributed by atoms with E-state index in [1.165, 1.54) is 0 Å². The number of ether oxygens (including phenoxy) is 2. The van der Waals surface area contributed by atoms with Gasteiger partial charge in [0.15, 0.2) is 11.5 Å². The third-order valence-electron chi connectivity index (χ3n) is 3.77. The van der Waals surface area contributed by atoms with Gasteiger partial charge in [-0.2, -0.15) is 5.26 Å². The lowest BCUT2D eigenvalue weighted by molar-refractivity contribution is -0.117. The van der Waals surface area contributed by atoms with Gasteiger partial charge in [0.05, 0.1) is 13.2 Å². The van der Waals surface area contributed by atoms with Gasteiger partial charge in [0, 0.05) is 6.54 Å². The third-order valence-corrected chi connectivity index (χ3v) is 3.77. The molecule has 0 unspecified atom stereocenters. The van der Waals surface area contributed by atoms with Crippen LogP contribution < -0.4 is 14.8 Å². The molecular formula is C22H24N2O3. The van der Waals surface area contributed by atoms with E-state index in [1.807, 2.05) is 50.2 Å². The number of carbonyl (C=O) groups excluding carboxylic acids is 1. The molecule has 140 valence electrons. The third kappa shape index (κ3) is 6.19. The highest BCUT2D eigenvalue weighted by molar-refractivity contribution is 6.01. The summed E-state index contributed by atoms with van der Waals surface area (Å²) in [5, 5.41) is 12.1. The molecule has 0 fully saturated rings. The molecule has 5 heteroatoms. The maximum atomic E-state index is 12.3. The minimum atomic E-state index is -0.394. The number of nitrogens with one attached hydrogen (secondary N) is 1. The second kappa shape index (κ2) is 10.0. The Labute approximate surface area is 160 Å². The number of nitriles is 1. The van der Waals surface area contributed by atoms with Gasteiger partial charge in [0.25, 0.3) is 5.91 Å². The number of carbonyl (C=O) groups is 1. The first-order valence-electron chi connectivity index (χ1n) is 8.82. The molecule has 2 aromatic carbocycles. The molecule has 5 nitrogen and oxygen atoms in total. The quantitative estimate of drug-likeness (QED) is 0.572. The molecule has 27 heavy (non-hydrogen) atoms. The van der Waals surface area contributed by atoms with E-state index in [2.05, 4.69) is 5.32 Å². The normalized spacial score (nSPS) is 11.0. The Kier molecular flexibility index (Phi) is 7.45. The van der Waals surface area contributed by atoms with Gasteiger partial charge in [-0.15, -0.1) is 0 Å². The number of methoxy groups -OCH3 is 1. The number of rotatable bonds is 8. The number of hydrogen-bond donors (Lipinski definition) is 1. The van der Waals surface area contributed by atoms with Crippen LogP contribution in [-0.4, -0.2) is 25.7 Å². The molecule has 0 saturated carbocycles. The Balaban J connectivity index is 2.05. The van der Waals surface area contributed by atoms with Crippen LogP contribution in [-0.2, 0) is 11.2 Å². The molecule has 0 atom stereocenters. The highest BCUT2D eigenvalue weighted by Gasteiger charge is 2.11. The fourth-order valence-electron chi connectivity index (χ4n) is 2.50. The first-order valence-corrected chi connectivity index (χ1v) is 8.82. The maximum Gasteiger partial charge on any atom is 0.261 e. The van der Waals surface area contributed by atoms with Gasteiger partial charge < -0.3 is 14.8 Å². The SMILES string of the molecule is COc1cc(C=C(C#N)C(=O)NCCc2ccccc2)ccc1OC(C)C. The summed E-state index contributed by atoms with van der Waals surface area (Å²) in [6, 6.07) is 17.1. The van der Waals surface area contributed by atoms with E-state index < -0.39 is 5.91 Å². The lowest BCUT2D eigenvalue weighted by Gasteiger charge is -2.13. The second-order valence-corrected chi connectivity index (χ2v) is 6.24. The lowest BCUT2D eigenvalue weighted by Crippen LogP contribution is -2.26. The van der Waals surface area contributed by atoms with Gasteiger partial charge in [-0.25, -0.2) is 0 Å². The summed E-state index contributed by atoms with van der Waals surface area (Å²) in [4.78, 5) is 12.3. The van der Waals surface area contributed by atoms with Crippen LogP contribution in [0.5, 0.6) is 11.5 Å². The van der Waals surface area contributed by atoms with Crippen LogP contribution in [0, 0.1) is 11.3 Å². The minimum absolute atomic E-state index is 0.0188. The van der Waals surface area contributed by atoms with Crippen LogP contribution >= 0.6 is 0 Å². The van der Waals surface area contributed by atoms with E-state index in [1.54, 1.807) is 31.4 Å². The van der Waals surface area contributed by atoms with Crippen molar-refractivity contribution in [2.45, 2.75) is 26.4 Å². The highest BCUT2D eigenvalue weighted by atomic mass is 16.5. The van der Waals surface area contributed by atoms with E-state index in [9.17, 15) is 10.1 Å². The van der Waals surface area contributed by atoms with Crippen LogP contribution in [0.25, 0.3) is 6.08 Å². The standard InChI is InChI=1S/C22H24N2O3/c1-16(2)27-20-10-9-18(14-21(20)26-3)13-19(15-23)22(25)24-12-11-17-7-5-4-6-8-17/h4-10,13-14,16H,11-12H2,1-3H3,(H,24,25). The molecule has 0 bridgehead atoms. The van der Waals surface area contributed by atoms with Crippen LogP contribution in [0.15, 0.2) is 54.1 Å². The summed E-state index contributed by atoms with van der Waals surface area (Å²) in [5.74, 6) is 0.782. The van der Waals surface area contributed by atoms with Crippen molar-refractivity contribution in [1.29, 1.82) is 5.26 Å². The number of benzene rings is 2. The van der Waals surface area contributed by atoms with Crippen molar-refractivity contribution < 1.29 is 14.3 Å². The largest absolute Gasteiger partial charge is 0.493 e. The van der Waals surface area contributed by atoms with E-state index in [0.717, 1.165) is 5.56 Å². The van der Waals surface area contributed by atoms with Crippen molar-refractivity contribution in [3.8, 4) is 17.6 Å². The second-order valence-electron chi connectivity index (χ2n) is 6.24. The molecular weight excluding hydrogens is 340 g/mol. The molecule has 0 heterocycles.